The summed E-state index contributed by atoms with van der Waals surface area (Å²) in [5.74, 6) is -0.315. The van der Waals surface area contributed by atoms with E-state index >= 15 is 0 Å². The molecule has 0 saturated carbocycles. The number of amides is 1. The number of hydrogen-bond acceptors (Lipinski definition) is 3. The fourth-order valence-electron chi connectivity index (χ4n) is 2.95. The second-order valence-electron chi connectivity index (χ2n) is 6.60. The monoisotopic (exact) mass is 425 g/mol. The maximum absolute atomic E-state index is 12.5. The molecule has 1 amide bonds. The summed E-state index contributed by atoms with van der Waals surface area (Å²) in [4.78, 5) is 12.5. The number of nitrogens with one attached hydrogen (secondary N) is 2. The zero-order valence-corrected chi connectivity index (χ0v) is 17.0. The van der Waals surface area contributed by atoms with Crippen LogP contribution in [0.1, 0.15) is 21.6 Å². The molecule has 8 heteroatoms. The minimum Gasteiger partial charge on any atom is -0.318 e. The fraction of sp³-hybridized carbons (Fsp3) is 0.0952. The zero-order valence-electron chi connectivity index (χ0n) is 15.5. The normalized spacial score (nSPS) is 10.9. The molecule has 0 fully saturated rings. The van der Waals surface area contributed by atoms with E-state index in [9.17, 15) is 4.79 Å². The van der Waals surface area contributed by atoms with Gasteiger partial charge in [-0.2, -0.15) is 10.2 Å². The number of aryl methyl sites for hydroxylation is 1. The van der Waals surface area contributed by atoms with Crippen LogP contribution in [0.4, 0.5) is 5.69 Å². The molecule has 4 rings (SSSR count). The Morgan fingerprint density at radius 1 is 1.17 bits per heavy atom. The molecule has 0 saturated heterocycles. The highest BCUT2D eigenvalue weighted by Gasteiger charge is 2.14. The third-order valence-corrected chi connectivity index (χ3v) is 5.06. The molecular weight excluding hydrogens is 409 g/mol. The summed E-state index contributed by atoms with van der Waals surface area (Å²) < 4.78 is 1.78. The van der Waals surface area contributed by atoms with Crippen molar-refractivity contribution in [1.29, 1.82) is 0 Å². The first kappa shape index (κ1) is 19.2. The Morgan fingerprint density at radius 3 is 2.79 bits per heavy atom. The van der Waals surface area contributed by atoms with Crippen LogP contribution in [0, 0.1) is 6.92 Å². The quantitative estimate of drug-likeness (QED) is 0.461. The van der Waals surface area contributed by atoms with Crippen LogP contribution >= 0.6 is 23.2 Å². The predicted molar refractivity (Wildman–Crippen MR) is 115 cm³/mol. The van der Waals surface area contributed by atoms with Gasteiger partial charge >= 0.3 is 0 Å². The lowest BCUT2D eigenvalue weighted by Crippen LogP contribution is -2.11. The Hall–Kier alpha value is -3.09. The van der Waals surface area contributed by atoms with Gasteiger partial charge in [0, 0.05) is 16.8 Å². The number of aromatic amines is 1. The van der Waals surface area contributed by atoms with E-state index in [1.807, 2.05) is 12.1 Å². The van der Waals surface area contributed by atoms with Crippen LogP contribution in [0.15, 0.2) is 60.9 Å². The number of rotatable bonds is 5. The highest BCUT2D eigenvalue weighted by Crippen LogP contribution is 2.29. The van der Waals surface area contributed by atoms with Crippen LogP contribution in [0.3, 0.4) is 0 Å². The number of anilines is 1. The molecule has 29 heavy (non-hydrogen) atoms. The highest BCUT2D eigenvalue weighted by molar-refractivity contribution is 6.36. The lowest BCUT2D eigenvalue weighted by Gasteiger charge is -2.05. The molecule has 0 atom stereocenters. The zero-order chi connectivity index (χ0) is 20.4. The topological polar surface area (TPSA) is 75.6 Å². The van der Waals surface area contributed by atoms with E-state index in [-0.39, 0.29) is 5.91 Å². The van der Waals surface area contributed by atoms with Crippen molar-refractivity contribution < 1.29 is 4.79 Å². The minimum absolute atomic E-state index is 0.315. The lowest BCUT2D eigenvalue weighted by atomic mass is 10.1. The largest absolute Gasteiger partial charge is 0.318 e. The third-order valence-electron chi connectivity index (χ3n) is 4.51. The van der Waals surface area contributed by atoms with E-state index in [1.165, 1.54) is 11.1 Å². The van der Waals surface area contributed by atoms with Crippen molar-refractivity contribution in [2.24, 2.45) is 0 Å². The molecule has 0 spiro atoms. The van der Waals surface area contributed by atoms with Gasteiger partial charge in [0.15, 0.2) is 0 Å². The van der Waals surface area contributed by atoms with Gasteiger partial charge in [-0.05, 0) is 42.3 Å². The fourth-order valence-corrected chi connectivity index (χ4v) is 3.45. The number of nitrogens with zero attached hydrogens (tertiary/aromatic N) is 3. The Bertz CT molecular complexity index is 1180. The van der Waals surface area contributed by atoms with Gasteiger partial charge in [0.1, 0.15) is 5.69 Å². The van der Waals surface area contributed by atoms with Gasteiger partial charge in [-0.1, -0.05) is 47.5 Å². The number of hydrogen-bond donors (Lipinski definition) is 2. The molecule has 0 aliphatic heterocycles. The third kappa shape index (κ3) is 4.34. The number of halogens is 2. The second-order valence-corrected chi connectivity index (χ2v) is 7.44. The molecule has 2 aromatic heterocycles. The SMILES string of the molecule is Cc1ccccc1Cn1cc(NC(=O)c2cc(-c3ccc(Cl)cc3Cl)n[nH]2)cn1. The maximum Gasteiger partial charge on any atom is 0.273 e. The van der Waals surface area contributed by atoms with Crippen LogP contribution in [0.5, 0.6) is 0 Å². The van der Waals surface area contributed by atoms with Crippen molar-refractivity contribution in [2.75, 3.05) is 5.32 Å². The summed E-state index contributed by atoms with van der Waals surface area (Å²) in [5.41, 5.74) is 4.54. The molecule has 0 radical (unpaired) electrons. The van der Waals surface area contributed by atoms with E-state index in [2.05, 4.69) is 39.7 Å². The van der Waals surface area contributed by atoms with Gasteiger partial charge in [-0.25, -0.2) is 0 Å². The summed E-state index contributed by atoms with van der Waals surface area (Å²) in [6, 6.07) is 14.9. The van der Waals surface area contributed by atoms with E-state index in [0.717, 1.165) is 0 Å². The van der Waals surface area contributed by atoms with Crippen molar-refractivity contribution in [3.63, 3.8) is 0 Å². The summed E-state index contributed by atoms with van der Waals surface area (Å²) in [7, 11) is 0. The molecule has 2 aromatic carbocycles. The molecule has 146 valence electrons. The van der Waals surface area contributed by atoms with Crippen LogP contribution in [-0.4, -0.2) is 25.9 Å². The number of aromatic nitrogens is 4. The van der Waals surface area contributed by atoms with Crippen LogP contribution in [0.2, 0.25) is 10.0 Å². The number of benzene rings is 2. The molecule has 6 nitrogen and oxygen atoms in total. The molecule has 2 N–H and O–H groups in total. The van der Waals surface area contributed by atoms with E-state index < -0.39 is 0 Å². The van der Waals surface area contributed by atoms with E-state index in [1.54, 1.807) is 41.3 Å². The first-order valence-corrected chi connectivity index (χ1v) is 9.64. The highest BCUT2D eigenvalue weighted by atomic mass is 35.5. The molecule has 0 unspecified atom stereocenters. The molecular formula is C21H17Cl2N5O. The lowest BCUT2D eigenvalue weighted by molar-refractivity contribution is 0.102. The van der Waals surface area contributed by atoms with E-state index in [4.69, 9.17) is 23.2 Å². The Labute approximate surface area is 177 Å². The second kappa shape index (κ2) is 8.11. The summed E-state index contributed by atoms with van der Waals surface area (Å²) in [6.45, 7) is 2.69. The van der Waals surface area contributed by atoms with Gasteiger partial charge in [-0.15, -0.1) is 0 Å². The Morgan fingerprint density at radius 2 is 2.00 bits per heavy atom. The van der Waals surface area contributed by atoms with E-state index in [0.29, 0.717) is 39.2 Å². The molecule has 2 heterocycles. The first-order valence-electron chi connectivity index (χ1n) is 8.89. The average molecular weight is 426 g/mol. The first-order chi connectivity index (χ1) is 14.0. The van der Waals surface area contributed by atoms with Crippen LogP contribution < -0.4 is 5.32 Å². The smallest absolute Gasteiger partial charge is 0.273 e. The van der Waals surface area contributed by atoms with Crippen molar-refractivity contribution in [2.45, 2.75) is 13.5 Å². The number of H-pyrrole nitrogens is 1. The summed E-state index contributed by atoms with van der Waals surface area (Å²) >= 11 is 12.1. The number of carbonyl (C=O) groups is 1. The summed E-state index contributed by atoms with van der Waals surface area (Å²) in [5, 5.41) is 15.1. The predicted octanol–water partition coefficient (Wildman–Crippen LogP) is 5.19. The molecule has 0 aliphatic rings. The van der Waals surface area contributed by atoms with Crippen LogP contribution in [0.25, 0.3) is 11.3 Å². The van der Waals surface area contributed by atoms with Crippen LogP contribution in [-0.2, 0) is 6.54 Å². The van der Waals surface area contributed by atoms with Gasteiger partial charge in [0.25, 0.3) is 5.91 Å². The standard InChI is InChI=1S/C21H17Cl2N5O/c1-13-4-2-3-5-14(13)11-28-12-16(10-24-28)25-21(29)20-9-19(26-27-20)17-7-6-15(22)8-18(17)23/h2-10,12H,11H2,1H3,(H,25,29)(H,26,27). The van der Waals surface area contributed by atoms with Gasteiger partial charge in [0.2, 0.25) is 0 Å². The average Bonchev–Trinajstić information content (AvgIpc) is 3.33. The minimum atomic E-state index is -0.315. The Kier molecular flexibility index (Phi) is 5.38. The van der Waals surface area contributed by atoms with Gasteiger partial charge in [0.05, 0.1) is 29.1 Å². The van der Waals surface area contributed by atoms with Crippen molar-refractivity contribution in [3.8, 4) is 11.3 Å². The molecule has 4 aromatic rings. The maximum atomic E-state index is 12.5. The van der Waals surface area contributed by atoms with Crippen molar-refractivity contribution in [1.82, 2.24) is 20.0 Å². The number of carbonyl (C=O) groups excluding carboxylic acids is 1. The molecule has 0 aliphatic carbocycles. The van der Waals surface area contributed by atoms with Gasteiger partial charge < -0.3 is 5.32 Å². The molecule has 0 bridgehead atoms. The summed E-state index contributed by atoms with van der Waals surface area (Å²) in [6.07, 6.45) is 3.40. The Balaban J connectivity index is 1.46. The van der Waals surface area contributed by atoms with Crippen molar-refractivity contribution >= 4 is 34.8 Å². The van der Waals surface area contributed by atoms with Crippen molar-refractivity contribution in [3.05, 3.63) is 87.8 Å². The van der Waals surface area contributed by atoms with Gasteiger partial charge in [-0.3, -0.25) is 14.6 Å².